The lowest BCUT2D eigenvalue weighted by molar-refractivity contribution is -0.123. The van der Waals surface area contributed by atoms with Gasteiger partial charge in [0.2, 0.25) is 0 Å². The van der Waals surface area contributed by atoms with Crippen molar-refractivity contribution >= 4 is 28.5 Å². The molecule has 1 amide bonds. The topological polar surface area (TPSA) is 96.0 Å². The Bertz CT molecular complexity index is 1130. The number of benzene rings is 2. The number of hydrogen-bond acceptors (Lipinski definition) is 7. The van der Waals surface area contributed by atoms with Crippen LogP contribution in [0.2, 0.25) is 0 Å². The molecule has 0 aliphatic carbocycles. The van der Waals surface area contributed by atoms with Crippen LogP contribution in [0.15, 0.2) is 42.5 Å². The number of rotatable bonds is 7. The summed E-state index contributed by atoms with van der Waals surface area (Å²) in [5.74, 6) is 0.549. The lowest BCUT2D eigenvalue weighted by Gasteiger charge is -2.15. The summed E-state index contributed by atoms with van der Waals surface area (Å²) in [7, 11) is 4.59. The van der Waals surface area contributed by atoms with Gasteiger partial charge in [-0.2, -0.15) is 0 Å². The summed E-state index contributed by atoms with van der Waals surface area (Å²) in [5.41, 5.74) is 2.01. The highest BCUT2D eigenvalue weighted by Gasteiger charge is 2.21. The third-order valence-electron chi connectivity index (χ3n) is 4.74. The van der Waals surface area contributed by atoms with Crippen LogP contribution < -0.4 is 19.5 Å². The molecule has 162 valence electrons. The van der Waals surface area contributed by atoms with Crippen molar-refractivity contribution in [2.24, 2.45) is 0 Å². The molecule has 1 heterocycles. The number of aromatic nitrogens is 1. The summed E-state index contributed by atoms with van der Waals surface area (Å²) >= 11 is 0. The number of carbonyl (C=O) groups is 2. The average molecular weight is 424 g/mol. The zero-order chi connectivity index (χ0) is 22.5. The molecule has 0 spiro atoms. The fraction of sp³-hybridized carbons (Fsp3) is 0.261. The maximum atomic E-state index is 12.7. The number of carbonyl (C=O) groups excluding carboxylic acids is 2. The highest BCUT2D eigenvalue weighted by molar-refractivity contribution is 5.99. The van der Waals surface area contributed by atoms with Crippen molar-refractivity contribution in [2.75, 3.05) is 26.6 Å². The van der Waals surface area contributed by atoms with Crippen LogP contribution in [0.25, 0.3) is 10.9 Å². The van der Waals surface area contributed by atoms with Crippen LogP contribution in [0.1, 0.15) is 23.0 Å². The van der Waals surface area contributed by atoms with E-state index < -0.39 is 18.0 Å². The van der Waals surface area contributed by atoms with Crippen LogP contribution in [-0.4, -0.2) is 44.3 Å². The number of aryl methyl sites for hydroxylation is 1. The van der Waals surface area contributed by atoms with Crippen molar-refractivity contribution in [3.8, 4) is 17.2 Å². The molecule has 0 fully saturated rings. The van der Waals surface area contributed by atoms with E-state index in [2.05, 4.69) is 10.3 Å². The van der Waals surface area contributed by atoms with Gasteiger partial charge in [-0.05, 0) is 50.2 Å². The van der Waals surface area contributed by atoms with Gasteiger partial charge in [-0.3, -0.25) is 9.78 Å². The Labute approximate surface area is 180 Å². The molecule has 0 saturated carbocycles. The van der Waals surface area contributed by atoms with E-state index >= 15 is 0 Å². The first kappa shape index (κ1) is 21.9. The molecular weight excluding hydrogens is 400 g/mol. The number of ether oxygens (including phenoxy) is 4. The van der Waals surface area contributed by atoms with Crippen molar-refractivity contribution in [1.82, 2.24) is 4.98 Å². The first-order valence-corrected chi connectivity index (χ1v) is 9.55. The van der Waals surface area contributed by atoms with E-state index in [-0.39, 0.29) is 5.56 Å². The van der Waals surface area contributed by atoms with E-state index in [1.807, 2.05) is 6.07 Å². The number of nitrogens with one attached hydrogen (secondary N) is 1. The number of amides is 1. The lowest BCUT2D eigenvalue weighted by Crippen LogP contribution is -2.30. The van der Waals surface area contributed by atoms with E-state index in [1.54, 1.807) is 50.4 Å². The third kappa shape index (κ3) is 4.85. The molecule has 3 rings (SSSR count). The number of methoxy groups -OCH3 is 3. The Morgan fingerprint density at radius 2 is 1.68 bits per heavy atom. The molecule has 0 saturated heterocycles. The summed E-state index contributed by atoms with van der Waals surface area (Å²) in [5, 5.41) is 3.44. The summed E-state index contributed by atoms with van der Waals surface area (Å²) in [6, 6.07) is 12.0. The number of hydrogen-bond donors (Lipinski definition) is 1. The van der Waals surface area contributed by atoms with E-state index in [1.165, 1.54) is 21.1 Å². The quantitative estimate of drug-likeness (QED) is 0.577. The number of anilines is 1. The van der Waals surface area contributed by atoms with Crippen LogP contribution in [-0.2, 0) is 9.53 Å². The summed E-state index contributed by atoms with van der Waals surface area (Å²) in [6.07, 6.45) is -1.03. The summed E-state index contributed by atoms with van der Waals surface area (Å²) < 4.78 is 21.0. The van der Waals surface area contributed by atoms with Gasteiger partial charge in [0.15, 0.2) is 17.6 Å². The highest BCUT2D eigenvalue weighted by atomic mass is 16.5. The largest absolute Gasteiger partial charge is 0.497 e. The Morgan fingerprint density at radius 1 is 0.935 bits per heavy atom. The summed E-state index contributed by atoms with van der Waals surface area (Å²) in [4.78, 5) is 29.7. The molecule has 0 aliphatic rings. The van der Waals surface area contributed by atoms with Crippen molar-refractivity contribution < 1.29 is 28.5 Å². The molecule has 31 heavy (non-hydrogen) atoms. The van der Waals surface area contributed by atoms with E-state index in [4.69, 9.17) is 18.9 Å². The van der Waals surface area contributed by atoms with Gasteiger partial charge in [-0.25, -0.2) is 4.79 Å². The maximum Gasteiger partial charge on any atom is 0.340 e. The van der Waals surface area contributed by atoms with E-state index in [9.17, 15) is 9.59 Å². The standard InChI is InChI=1S/C23H24N2O6/c1-13-18(11-15-10-17(28-3)7-8-19(15)24-13)23(27)31-14(2)22(26)25-16-6-9-20(29-4)21(12-16)30-5/h6-12,14H,1-5H3,(H,25,26). The minimum absolute atomic E-state index is 0.284. The van der Waals surface area contributed by atoms with Gasteiger partial charge < -0.3 is 24.3 Å². The molecule has 1 N–H and O–H groups in total. The van der Waals surface area contributed by atoms with Gasteiger partial charge >= 0.3 is 5.97 Å². The first-order chi connectivity index (χ1) is 14.9. The molecule has 1 aromatic heterocycles. The van der Waals surface area contributed by atoms with E-state index in [0.717, 1.165) is 10.9 Å². The van der Waals surface area contributed by atoms with Gasteiger partial charge in [-0.1, -0.05) is 0 Å². The summed E-state index contributed by atoms with van der Waals surface area (Å²) in [6.45, 7) is 3.22. The first-order valence-electron chi connectivity index (χ1n) is 9.55. The zero-order valence-corrected chi connectivity index (χ0v) is 18.0. The fourth-order valence-corrected chi connectivity index (χ4v) is 3.02. The molecular formula is C23H24N2O6. The Morgan fingerprint density at radius 3 is 2.35 bits per heavy atom. The average Bonchev–Trinajstić information content (AvgIpc) is 2.77. The Balaban J connectivity index is 1.74. The monoisotopic (exact) mass is 424 g/mol. The van der Waals surface area contributed by atoms with Crippen molar-refractivity contribution in [1.29, 1.82) is 0 Å². The van der Waals surface area contributed by atoms with Crippen LogP contribution in [0.3, 0.4) is 0 Å². The van der Waals surface area contributed by atoms with Crippen molar-refractivity contribution in [2.45, 2.75) is 20.0 Å². The molecule has 0 bridgehead atoms. The fourth-order valence-electron chi connectivity index (χ4n) is 3.02. The molecule has 8 heteroatoms. The minimum atomic E-state index is -1.03. The predicted molar refractivity (Wildman–Crippen MR) is 116 cm³/mol. The SMILES string of the molecule is COc1ccc2nc(C)c(C(=O)OC(C)C(=O)Nc3ccc(OC)c(OC)c3)cc2c1. The zero-order valence-electron chi connectivity index (χ0n) is 18.0. The van der Waals surface area contributed by atoms with Crippen molar-refractivity contribution in [3.63, 3.8) is 0 Å². The van der Waals surface area contributed by atoms with Gasteiger partial charge in [0, 0.05) is 17.1 Å². The van der Waals surface area contributed by atoms with Gasteiger partial charge in [0.05, 0.1) is 38.1 Å². The minimum Gasteiger partial charge on any atom is -0.497 e. The van der Waals surface area contributed by atoms with Gasteiger partial charge in [0.1, 0.15) is 5.75 Å². The molecule has 2 aromatic carbocycles. The molecule has 3 aromatic rings. The van der Waals surface area contributed by atoms with Crippen molar-refractivity contribution in [3.05, 3.63) is 53.7 Å². The van der Waals surface area contributed by atoms with Crippen LogP contribution in [0.5, 0.6) is 17.2 Å². The number of esters is 1. The van der Waals surface area contributed by atoms with Crippen LogP contribution in [0, 0.1) is 6.92 Å². The van der Waals surface area contributed by atoms with Gasteiger partial charge in [0.25, 0.3) is 5.91 Å². The van der Waals surface area contributed by atoms with Crippen LogP contribution >= 0.6 is 0 Å². The maximum absolute atomic E-state index is 12.7. The Kier molecular flexibility index (Phi) is 6.59. The normalized spacial score (nSPS) is 11.5. The molecule has 0 aliphatic heterocycles. The highest BCUT2D eigenvalue weighted by Crippen LogP contribution is 2.30. The molecule has 0 radical (unpaired) electrons. The van der Waals surface area contributed by atoms with Gasteiger partial charge in [-0.15, -0.1) is 0 Å². The third-order valence-corrected chi connectivity index (χ3v) is 4.74. The predicted octanol–water partition coefficient (Wildman–Crippen LogP) is 3.75. The lowest BCUT2D eigenvalue weighted by atomic mass is 10.1. The number of nitrogens with zero attached hydrogens (tertiary/aromatic N) is 1. The Hall–Kier alpha value is -3.81. The van der Waals surface area contributed by atoms with E-state index in [0.29, 0.717) is 28.6 Å². The second-order valence-electron chi connectivity index (χ2n) is 6.79. The molecule has 1 unspecified atom stereocenters. The molecule has 1 atom stereocenters. The van der Waals surface area contributed by atoms with Crippen LogP contribution in [0.4, 0.5) is 5.69 Å². The molecule has 8 nitrogen and oxygen atoms in total. The smallest absolute Gasteiger partial charge is 0.340 e. The number of pyridine rings is 1. The number of fused-ring (bicyclic) bond motifs is 1. The second-order valence-corrected chi connectivity index (χ2v) is 6.79. The second kappa shape index (κ2) is 9.34.